The number of aromatic nitrogens is 24. The fourth-order valence-electron chi connectivity index (χ4n) is 2.58. The van der Waals surface area contributed by atoms with Crippen molar-refractivity contribution >= 4 is 29.3 Å². The Labute approximate surface area is 433 Å². The first-order valence-corrected chi connectivity index (χ1v) is 20.2. The van der Waals surface area contributed by atoms with E-state index in [0.29, 0.717) is 0 Å². The largest absolute Gasteiger partial charge is 0.631 e. The first kappa shape index (κ1) is 72.8. The smallest absolute Gasteiger partial charge is 0.402 e. The number of nitrogens with one attached hydrogen (secondary N) is 12. The summed E-state index contributed by atoms with van der Waals surface area (Å²) in [5, 5.41) is 86.0. The molecule has 0 aliphatic heterocycles. The van der Waals surface area contributed by atoms with Crippen molar-refractivity contribution in [2.24, 2.45) is 0 Å². The quantitative estimate of drug-likeness (QED) is 0.0662. The molecule has 12 rings (SSSR count). The van der Waals surface area contributed by atoms with Crippen LogP contribution in [0.2, 0.25) is 0 Å². The molecule has 12 aromatic heterocycles. The highest BCUT2D eigenvalue weighted by atomic mass is 16.5. The summed E-state index contributed by atoms with van der Waals surface area (Å²) in [6.45, 7) is 0. The minimum absolute atomic E-state index is 1.62. The fraction of sp³-hybridized carbons (Fsp3) is 0. The summed E-state index contributed by atoms with van der Waals surface area (Å²) in [5.41, 5.74) is 0. The van der Waals surface area contributed by atoms with Crippen molar-refractivity contribution in [2.45, 2.75) is 0 Å². The van der Waals surface area contributed by atoms with Crippen molar-refractivity contribution in [2.75, 3.05) is 0 Å². The van der Waals surface area contributed by atoms with Gasteiger partial charge in [0.2, 0.25) is 0 Å². The lowest BCUT2D eigenvalue weighted by Gasteiger charge is -1.69. The molecule has 76 heavy (non-hydrogen) atoms. The lowest BCUT2D eigenvalue weighted by molar-refractivity contribution is 0.276. The molecule has 0 saturated carbocycles. The molecule has 12 aromatic rings. The van der Waals surface area contributed by atoms with Gasteiger partial charge in [-0.25, -0.2) is 59.8 Å². The standard InChI is InChI=1S/12C3H4N2.4BH3O3/c12*1-2-5-3-4-1;4*2-1(3)4/h12*1-3H,(H,4,5);4*2-4H. The molecule has 0 atom stereocenters. The Kier molecular flexibility index (Phi) is 66.7. The van der Waals surface area contributed by atoms with Gasteiger partial charge in [-0.05, 0) is 0 Å². The van der Waals surface area contributed by atoms with E-state index in [0.717, 1.165) is 0 Å². The van der Waals surface area contributed by atoms with Crippen molar-refractivity contribution in [1.82, 2.24) is 120 Å². The van der Waals surface area contributed by atoms with Crippen LogP contribution in [0.15, 0.2) is 225 Å². The van der Waals surface area contributed by atoms with Gasteiger partial charge in [0.25, 0.3) is 0 Å². The second-order valence-electron chi connectivity index (χ2n) is 10.5. The average Bonchev–Trinajstić information content (AvgIpc) is 4.29. The zero-order chi connectivity index (χ0) is 56.7. The third-order valence-electron chi connectivity index (χ3n) is 4.87. The maximum Gasteiger partial charge on any atom is 0.631 e. The van der Waals surface area contributed by atoms with E-state index in [-0.39, 0.29) is 0 Å². The summed E-state index contributed by atoms with van der Waals surface area (Å²) in [7, 11) is -8.67. The van der Waals surface area contributed by atoms with Crippen LogP contribution in [-0.4, -0.2) is 209 Å². The van der Waals surface area contributed by atoms with Crippen LogP contribution in [-0.2, 0) is 0 Å². The van der Waals surface area contributed by atoms with Gasteiger partial charge in [0.05, 0.1) is 75.9 Å². The summed E-state index contributed by atoms with van der Waals surface area (Å²) in [6.07, 6.45) is 61.0. The Bertz CT molecular complexity index is 1540. The molecule has 0 aliphatic carbocycles. The van der Waals surface area contributed by atoms with Gasteiger partial charge in [0.15, 0.2) is 0 Å². The number of aromatic amines is 12. The van der Waals surface area contributed by atoms with Crippen molar-refractivity contribution in [1.29, 1.82) is 0 Å². The topological polar surface area (TPSA) is 587 Å². The van der Waals surface area contributed by atoms with Crippen molar-refractivity contribution < 1.29 is 60.3 Å². The summed E-state index contributed by atoms with van der Waals surface area (Å²) in [6, 6.07) is 0. The first-order chi connectivity index (χ1) is 36.9. The molecular formula is C36H60B4N24O12. The van der Waals surface area contributed by atoms with Crippen LogP contribution in [0.25, 0.3) is 0 Å². The van der Waals surface area contributed by atoms with Crippen LogP contribution >= 0.6 is 0 Å². The van der Waals surface area contributed by atoms with E-state index < -0.39 is 29.3 Å². The summed E-state index contributed by atoms with van der Waals surface area (Å²) in [4.78, 5) is 77.0. The average molecular weight is 1060 g/mol. The van der Waals surface area contributed by atoms with E-state index in [1.807, 2.05) is 0 Å². The van der Waals surface area contributed by atoms with E-state index in [1.165, 1.54) is 0 Å². The lowest BCUT2D eigenvalue weighted by Crippen LogP contribution is -2.07. The minimum atomic E-state index is -2.17. The number of hydrogen-bond donors (Lipinski definition) is 24. The van der Waals surface area contributed by atoms with E-state index in [4.69, 9.17) is 60.3 Å². The van der Waals surface area contributed by atoms with E-state index >= 15 is 0 Å². The lowest BCUT2D eigenvalue weighted by atomic mass is 10.3. The number of rotatable bonds is 0. The zero-order valence-electron chi connectivity index (χ0n) is 39.8. The molecule has 408 valence electrons. The van der Waals surface area contributed by atoms with E-state index in [9.17, 15) is 0 Å². The summed E-state index contributed by atoms with van der Waals surface area (Å²) < 4.78 is 0. The molecular weight excluding hydrogens is 1000 g/mol. The molecule has 0 amide bonds. The Balaban J connectivity index is -0.000000364. The molecule has 0 fully saturated rings. The molecule has 0 aliphatic rings. The number of imidazole rings is 12. The highest BCUT2D eigenvalue weighted by Crippen LogP contribution is 1.68. The Hall–Kier alpha value is -9.70. The van der Waals surface area contributed by atoms with Crippen molar-refractivity contribution in [3.05, 3.63) is 225 Å². The second-order valence-corrected chi connectivity index (χ2v) is 10.5. The molecule has 0 aromatic carbocycles. The number of H-pyrrole nitrogens is 12. The predicted octanol–water partition coefficient (Wildman–Crippen LogP) is -3.29. The molecule has 24 N–H and O–H groups in total. The molecule has 12 heterocycles. The van der Waals surface area contributed by atoms with Crippen LogP contribution in [0.3, 0.4) is 0 Å². The van der Waals surface area contributed by atoms with Gasteiger partial charge in [-0.1, -0.05) is 0 Å². The normalized spacial score (nSPS) is 7.74. The molecule has 0 bridgehead atoms. The van der Waals surface area contributed by atoms with Gasteiger partial charge in [0.1, 0.15) is 0 Å². The summed E-state index contributed by atoms with van der Waals surface area (Å²) >= 11 is 0. The van der Waals surface area contributed by atoms with Crippen LogP contribution in [0.4, 0.5) is 0 Å². The maximum absolute atomic E-state index is 7.17. The van der Waals surface area contributed by atoms with Crippen LogP contribution in [0.1, 0.15) is 0 Å². The highest BCUT2D eigenvalue weighted by Gasteiger charge is 1.94. The highest BCUT2D eigenvalue weighted by molar-refractivity contribution is 6.31. The van der Waals surface area contributed by atoms with Gasteiger partial charge >= 0.3 is 29.3 Å². The Morgan fingerprint density at radius 1 is 0.158 bits per heavy atom. The van der Waals surface area contributed by atoms with Crippen LogP contribution in [0.5, 0.6) is 0 Å². The minimum Gasteiger partial charge on any atom is -0.402 e. The van der Waals surface area contributed by atoms with Crippen molar-refractivity contribution in [3.8, 4) is 0 Å². The molecule has 0 saturated heterocycles. The Morgan fingerprint density at radius 2 is 0.224 bits per heavy atom. The SMILES string of the molecule is OB(O)O.OB(O)O.OB(O)O.OB(O)O.c1c[nH]cn1.c1c[nH]cn1.c1c[nH]cn1.c1c[nH]cn1.c1c[nH]cn1.c1c[nH]cn1.c1c[nH]cn1.c1c[nH]cn1.c1c[nH]cn1.c1c[nH]cn1.c1c[nH]cn1.c1c[nH]cn1. The first-order valence-electron chi connectivity index (χ1n) is 20.2. The van der Waals surface area contributed by atoms with Crippen LogP contribution < -0.4 is 0 Å². The molecule has 0 spiro atoms. The van der Waals surface area contributed by atoms with Gasteiger partial charge in [-0.2, -0.15) is 0 Å². The fourth-order valence-corrected chi connectivity index (χ4v) is 2.58. The zero-order valence-corrected chi connectivity index (χ0v) is 39.8. The number of nitrogens with zero attached hydrogens (tertiary/aromatic N) is 12. The second kappa shape index (κ2) is 69.6. The van der Waals surface area contributed by atoms with Gasteiger partial charge in [-0.15, -0.1) is 0 Å². The molecule has 0 radical (unpaired) electrons. The molecule has 40 heteroatoms. The van der Waals surface area contributed by atoms with Gasteiger partial charge < -0.3 is 120 Å². The van der Waals surface area contributed by atoms with E-state index in [2.05, 4.69) is 120 Å². The van der Waals surface area contributed by atoms with Crippen LogP contribution in [0, 0.1) is 0 Å². The monoisotopic (exact) mass is 1060 g/mol. The van der Waals surface area contributed by atoms with Gasteiger partial charge in [-0.3, -0.25) is 0 Å². The maximum atomic E-state index is 7.17. The third kappa shape index (κ3) is 102. The Morgan fingerprint density at radius 3 is 0.237 bits per heavy atom. The van der Waals surface area contributed by atoms with Crippen molar-refractivity contribution in [3.63, 3.8) is 0 Å². The summed E-state index contributed by atoms with van der Waals surface area (Å²) in [5.74, 6) is 0. The molecule has 0 unspecified atom stereocenters. The third-order valence-corrected chi connectivity index (χ3v) is 4.87. The molecule has 36 nitrogen and oxygen atoms in total. The number of hydrogen-bond acceptors (Lipinski definition) is 24. The van der Waals surface area contributed by atoms with Gasteiger partial charge in [0, 0.05) is 149 Å². The van der Waals surface area contributed by atoms with E-state index in [1.54, 1.807) is 225 Å². The predicted molar refractivity (Wildman–Crippen MR) is 273 cm³/mol.